The molecule has 7 N–H and O–H groups in total. The van der Waals surface area contributed by atoms with E-state index < -0.39 is 71.5 Å². The largest absolute Gasteiger partial charge is 0.463 e. The van der Waals surface area contributed by atoms with E-state index in [4.69, 9.17) is 73.3 Å². The Labute approximate surface area is 906 Å². The number of rotatable bonds is 33. The van der Waals surface area contributed by atoms with Gasteiger partial charge in [-0.15, -0.1) is 45.3 Å². The number of dihydropyridines is 1. The fourth-order valence-electron chi connectivity index (χ4n) is 17.7. The van der Waals surface area contributed by atoms with Crippen LogP contribution in [0.1, 0.15) is 157 Å². The number of halogens is 8. The highest BCUT2D eigenvalue weighted by atomic mass is 79.9. The Morgan fingerprint density at radius 2 is 0.899 bits per heavy atom. The summed E-state index contributed by atoms with van der Waals surface area (Å²) in [6.07, 6.45) is 8.58. The van der Waals surface area contributed by atoms with Gasteiger partial charge in [0, 0.05) is 134 Å². The number of hydrogen-bond acceptors (Lipinski definition) is 36. The summed E-state index contributed by atoms with van der Waals surface area (Å²) in [6, 6.07) is 19.6. The first-order valence-corrected chi connectivity index (χ1v) is 55.6. The first kappa shape index (κ1) is 114. The molecule has 4 fully saturated rings. The molecule has 0 spiro atoms. The fraction of sp³-hybridized carbons (Fsp3) is 0.452. The number of aromatic nitrogens is 4. The molecule has 9 aromatic rings. The van der Waals surface area contributed by atoms with Crippen molar-refractivity contribution in [1.82, 2.24) is 55.5 Å². The van der Waals surface area contributed by atoms with Gasteiger partial charge in [0.2, 0.25) is 0 Å². The smallest absolute Gasteiger partial charge is 0.338 e. The maximum Gasteiger partial charge on any atom is 0.338 e. The first-order chi connectivity index (χ1) is 71.4. The van der Waals surface area contributed by atoms with E-state index in [0.29, 0.717) is 205 Å². The number of aliphatic hydroxyl groups is 2. The zero-order valence-corrected chi connectivity index (χ0v) is 93.2. The zero-order valence-electron chi connectivity index (χ0n) is 83.5. The summed E-state index contributed by atoms with van der Waals surface area (Å²) in [5.41, 5.74) is 15.8. The number of ether oxygens (including phenoxy) is 9. The Kier molecular flexibility index (Phi) is 42.1. The Hall–Kier alpha value is -9.53. The topological polar surface area (TPSA) is 385 Å². The Morgan fingerprint density at radius 1 is 0.480 bits per heavy atom. The lowest BCUT2D eigenvalue weighted by Crippen LogP contribution is -2.51. The van der Waals surface area contributed by atoms with Crippen molar-refractivity contribution >= 4 is 172 Å². The first-order valence-electron chi connectivity index (χ1n) is 49.0. The SMILES string of the molecule is CCOC(=O)C1=C(CN2CCOCC2CC)CC(c2ncc(C)s2)=NC1c1ccc(F)cc1Br.CCOC(=O)C1=C(CN2CCOCC2CO)NC(c2nc3ccc(CC)cc3s2)=NC1c1ccc(F)cc1Br.CCOC(=O)C1=C(CN2CCOCC2CO)NC(c2ncc(CC)s2)=NC1c1ccc(F)cc1Br.CCOC(=O)C1=C(CN2CCOC[C@H]2COC(=O)[C@@H](N)C(C)C)NC(c2nccs2)=NC1c1ccc(F)cc1Br. The van der Waals surface area contributed by atoms with Crippen LogP contribution in [0, 0.1) is 36.1 Å². The predicted octanol–water partition coefficient (Wildman–Crippen LogP) is 16.0. The van der Waals surface area contributed by atoms with Crippen LogP contribution in [0.15, 0.2) is 198 Å². The third-order valence-corrected chi connectivity index (χ3v) is 32.2. The van der Waals surface area contributed by atoms with E-state index in [-0.39, 0.29) is 94.7 Å². The van der Waals surface area contributed by atoms with Crippen molar-refractivity contribution in [2.45, 2.75) is 149 Å². The minimum Gasteiger partial charge on any atom is -0.463 e. The number of amidine groups is 3. The number of hydrogen-bond donors (Lipinski definition) is 6. The zero-order chi connectivity index (χ0) is 106. The normalized spacial score (nSPS) is 20.8. The molecule has 44 heteroatoms. The molecule has 4 saturated heterocycles. The van der Waals surface area contributed by atoms with Crippen molar-refractivity contribution in [3.05, 3.63) is 259 Å². The third kappa shape index (κ3) is 28.7. The van der Waals surface area contributed by atoms with Crippen LogP contribution in [0.25, 0.3) is 10.2 Å². The molecular weight excluding hydrogens is 2250 g/mol. The average Bonchev–Trinajstić information content (AvgIpc) is 1.71. The van der Waals surface area contributed by atoms with Crippen molar-refractivity contribution in [1.29, 1.82) is 0 Å². The molecule has 0 amide bonds. The predicted molar refractivity (Wildman–Crippen MR) is 575 cm³/mol. The van der Waals surface area contributed by atoms with E-state index in [1.807, 2.05) is 44.6 Å². The molecule has 0 aliphatic carbocycles. The van der Waals surface area contributed by atoms with Gasteiger partial charge >= 0.3 is 29.8 Å². The molecule has 4 aromatic heterocycles. The molecule has 0 bridgehead atoms. The quantitative estimate of drug-likeness (QED) is 0.0126. The number of aryl methyl sites for hydroxylation is 3. The van der Waals surface area contributed by atoms with Crippen molar-refractivity contribution in [3.8, 4) is 0 Å². The number of nitrogens with two attached hydrogens (primary N) is 1. The number of nitrogens with zero attached hydrogens (tertiary/aromatic N) is 12. The van der Waals surface area contributed by atoms with Crippen LogP contribution in [0.2, 0.25) is 0 Å². The molecule has 8 aliphatic rings. The van der Waals surface area contributed by atoms with Gasteiger partial charge in [0.05, 0.1) is 149 Å². The number of aliphatic imine (C=N–C) groups is 4. The molecule has 12 heterocycles. The number of carbonyl (C=O) groups excluding carboxylic acids is 5. The molecule has 0 saturated carbocycles. The van der Waals surface area contributed by atoms with Gasteiger partial charge in [-0.25, -0.2) is 56.7 Å². The molecule has 7 unspecified atom stereocenters. The number of nitrogens with one attached hydrogen (secondary N) is 3. The van der Waals surface area contributed by atoms with Gasteiger partial charge in [0.25, 0.3) is 0 Å². The number of morpholine rings is 4. The number of benzene rings is 5. The second-order valence-electron chi connectivity index (χ2n) is 35.7. The van der Waals surface area contributed by atoms with Crippen LogP contribution in [0.5, 0.6) is 0 Å². The highest BCUT2D eigenvalue weighted by Crippen LogP contribution is 2.45. The fourth-order valence-corrected chi connectivity index (χ4v) is 23.1. The molecule has 0 radical (unpaired) electrons. The van der Waals surface area contributed by atoms with Crippen molar-refractivity contribution in [2.75, 3.05) is 151 Å². The lowest BCUT2D eigenvalue weighted by atomic mass is 9.88. The minimum atomic E-state index is -0.787. The van der Waals surface area contributed by atoms with E-state index in [0.717, 1.165) is 67.6 Å². The molecule has 17 rings (SSSR count). The van der Waals surface area contributed by atoms with Crippen LogP contribution in [0.3, 0.4) is 0 Å². The summed E-state index contributed by atoms with van der Waals surface area (Å²) in [7, 11) is 0. The van der Waals surface area contributed by atoms with Crippen molar-refractivity contribution in [3.63, 3.8) is 0 Å². The molecule has 148 heavy (non-hydrogen) atoms. The Morgan fingerprint density at radius 3 is 1.30 bits per heavy atom. The van der Waals surface area contributed by atoms with Gasteiger partial charge in [-0.05, 0) is 154 Å². The molecular formula is C104H120Br4F4N16O16S4. The number of esters is 5. The van der Waals surface area contributed by atoms with Gasteiger partial charge in [-0.3, -0.25) is 44.4 Å². The second kappa shape index (κ2) is 54.6. The summed E-state index contributed by atoms with van der Waals surface area (Å²) in [4.78, 5) is 115. The monoisotopic (exact) mass is 2370 g/mol. The second-order valence-corrected chi connectivity index (χ2v) is 43.3. The van der Waals surface area contributed by atoms with Crippen LogP contribution in [-0.2, 0) is 79.4 Å². The number of carbonyl (C=O) groups is 5. The number of thiazole rings is 4. The highest BCUT2D eigenvalue weighted by molar-refractivity contribution is 9.11. The van der Waals surface area contributed by atoms with Crippen LogP contribution >= 0.6 is 109 Å². The summed E-state index contributed by atoms with van der Waals surface area (Å²) in [6.45, 7) is 28.0. The van der Waals surface area contributed by atoms with Crippen LogP contribution in [-0.4, -0.2) is 284 Å². The maximum absolute atomic E-state index is 14.0. The lowest BCUT2D eigenvalue weighted by Gasteiger charge is -2.37. The van der Waals surface area contributed by atoms with Gasteiger partial charge in [0.15, 0.2) is 32.5 Å². The summed E-state index contributed by atoms with van der Waals surface area (Å²) >= 11 is 19.9. The Balaban J connectivity index is 0.000000156. The van der Waals surface area contributed by atoms with Gasteiger partial charge < -0.3 is 74.5 Å². The van der Waals surface area contributed by atoms with Crippen molar-refractivity contribution < 1.29 is 94.4 Å². The van der Waals surface area contributed by atoms with E-state index in [1.165, 1.54) is 88.1 Å². The molecule has 9 atom stereocenters. The number of aliphatic hydroxyl groups excluding tert-OH is 2. The standard InChI is InChI=1S/C28H30BrFN4O4S.C27H33BrFN5O5S.C25H29BrFN3O3S.C24H28BrFN4O4S/c1-3-16-5-8-21-23(11-16)39-27(32-21)26-31-22(13-34-9-10-37-15-18(34)14-35)24(28(36)38-4-2)25(33-26)19-7-6-17(30)12-20(19)29;1-4-38-26(35)21-20(12-34-8-9-37-13-17(34)14-39-27(36)22(30)15(2)3)32-24(25-31-7-10-40-25)33-23(21)18-6-5-16(29)11-19(18)28;1-4-18-14-32-9-8-30(18)13-16-10-21(24-28-12-15(3)34-24)29-23(22(16)25(31)33-5-2)19-7-6-17(27)11-20(19)26;1-3-16-10-27-23(35-16)22-28-19(11-30-7-8-33-13-15(30)12-31)20(24(32)34-4-2)21(29-22)17-6-5-14(26)9-18(17)25/h5-8,11-12,18,25,35H,3-4,9-10,13-15H2,1-2H3,(H,31,33);5-7,10-11,15,17,22-23H,4,8-9,12-14,30H2,1-3H3,(H,32,33);6-7,11-12,18,23H,4-5,8-10,13-14H2,1-3H3;5-6,9-10,15,21,31H,3-4,7-8,11-13H2,1-2H3,(H,28,29)/t;17-,22-,23?;;/m.0../s1. The van der Waals surface area contributed by atoms with E-state index >= 15 is 0 Å². The summed E-state index contributed by atoms with van der Waals surface area (Å²) in [5, 5.41) is 34.6. The average molecular weight is 2370 g/mol. The molecule has 8 aliphatic heterocycles. The van der Waals surface area contributed by atoms with E-state index in [2.05, 4.69) is 147 Å². The molecule has 5 aromatic carbocycles. The summed E-state index contributed by atoms with van der Waals surface area (Å²) in [5.74, 6) is -2.47. The molecule has 792 valence electrons. The van der Waals surface area contributed by atoms with Crippen LogP contribution in [0.4, 0.5) is 17.6 Å². The van der Waals surface area contributed by atoms with Crippen LogP contribution < -0.4 is 21.7 Å². The third-order valence-electron chi connectivity index (χ3n) is 25.6. The van der Waals surface area contributed by atoms with E-state index in [1.54, 1.807) is 69.5 Å². The summed E-state index contributed by atoms with van der Waals surface area (Å²) < 4.78 is 109. The molecule has 32 nitrogen and oxygen atoms in total. The number of fused-ring (bicyclic) bond motifs is 1. The van der Waals surface area contributed by atoms with E-state index in [9.17, 15) is 51.7 Å². The lowest BCUT2D eigenvalue weighted by molar-refractivity contribution is -0.150. The minimum absolute atomic E-state index is 0.0544. The van der Waals surface area contributed by atoms with Gasteiger partial charge in [-0.2, -0.15) is 0 Å². The Bertz CT molecular complexity index is 6480. The maximum atomic E-state index is 14.0. The van der Waals surface area contributed by atoms with Gasteiger partial charge in [-0.1, -0.05) is 129 Å². The highest BCUT2D eigenvalue weighted by Gasteiger charge is 2.43. The van der Waals surface area contributed by atoms with Gasteiger partial charge in [0.1, 0.15) is 65.1 Å². The van der Waals surface area contributed by atoms with Crippen molar-refractivity contribution in [2.24, 2.45) is 31.6 Å².